The number of urea groups is 1. The van der Waals surface area contributed by atoms with Crippen molar-refractivity contribution in [3.8, 4) is 5.75 Å². The Morgan fingerprint density at radius 2 is 1.72 bits per heavy atom. The van der Waals surface area contributed by atoms with Crippen LogP contribution in [0.2, 0.25) is 0 Å². The molecule has 158 valence electrons. The van der Waals surface area contributed by atoms with E-state index in [0.717, 1.165) is 32.1 Å². The predicted octanol–water partition coefficient (Wildman–Crippen LogP) is 2.75. The lowest BCUT2D eigenvalue weighted by molar-refractivity contribution is -0.148. The zero-order valence-corrected chi connectivity index (χ0v) is 16.7. The predicted molar refractivity (Wildman–Crippen MR) is 106 cm³/mol. The molecule has 1 fully saturated rings. The number of Topliss-reactive ketones (excluding diaryl/α,β-unsaturated/α-hetero) is 1. The third-order valence-electron chi connectivity index (χ3n) is 4.51. The van der Waals surface area contributed by atoms with E-state index in [1.54, 1.807) is 24.3 Å². The highest BCUT2D eigenvalue weighted by atomic mass is 16.5. The van der Waals surface area contributed by atoms with Crippen LogP contribution in [0.4, 0.5) is 4.79 Å². The van der Waals surface area contributed by atoms with Gasteiger partial charge in [0.1, 0.15) is 5.75 Å². The summed E-state index contributed by atoms with van der Waals surface area (Å²) in [6.07, 6.45) is 4.65. The molecule has 1 saturated carbocycles. The van der Waals surface area contributed by atoms with Gasteiger partial charge in [-0.15, -0.1) is 0 Å². The molecule has 0 aromatic heterocycles. The standard InChI is InChI=1S/C21H28N2O6/c1-2-13-28-17-9-7-15(8-10-17)18(24)11-12-20(26)29-14-19(25)23-21(27)22-16-5-3-4-6-16/h7-10,16H,2-6,11-14H2,1H3,(H2,22,23,25,27). The third kappa shape index (κ3) is 8.33. The SMILES string of the molecule is CCCOc1ccc(C(=O)CCC(=O)OCC(=O)NC(=O)NC2CCCC2)cc1. The van der Waals surface area contributed by atoms with Crippen LogP contribution >= 0.6 is 0 Å². The van der Waals surface area contributed by atoms with Crippen molar-refractivity contribution in [2.24, 2.45) is 0 Å². The topological polar surface area (TPSA) is 111 Å². The smallest absolute Gasteiger partial charge is 0.321 e. The fourth-order valence-corrected chi connectivity index (χ4v) is 2.99. The Hall–Kier alpha value is -2.90. The van der Waals surface area contributed by atoms with Gasteiger partial charge in [-0.1, -0.05) is 19.8 Å². The number of rotatable bonds is 10. The van der Waals surface area contributed by atoms with Gasteiger partial charge in [0.05, 0.1) is 13.0 Å². The Balaban J connectivity index is 1.63. The first-order valence-corrected chi connectivity index (χ1v) is 10.00. The molecule has 1 aromatic carbocycles. The van der Waals surface area contributed by atoms with Crippen molar-refractivity contribution in [3.05, 3.63) is 29.8 Å². The van der Waals surface area contributed by atoms with Crippen molar-refractivity contribution < 1.29 is 28.7 Å². The lowest BCUT2D eigenvalue weighted by atomic mass is 10.1. The molecule has 29 heavy (non-hydrogen) atoms. The molecule has 8 nitrogen and oxygen atoms in total. The van der Waals surface area contributed by atoms with Crippen LogP contribution in [-0.2, 0) is 14.3 Å². The molecule has 2 N–H and O–H groups in total. The second-order valence-electron chi connectivity index (χ2n) is 6.96. The largest absolute Gasteiger partial charge is 0.494 e. The second-order valence-corrected chi connectivity index (χ2v) is 6.96. The quantitative estimate of drug-likeness (QED) is 0.458. The van der Waals surface area contributed by atoms with E-state index in [4.69, 9.17) is 9.47 Å². The highest BCUT2D eigenvalue weighted by Crippen LogP contribution is 2.17. The molecule has 0 radical (unpaired) electrons. The first-order chi connectivity index (χ1) is 14.0. The minimum atomic E-state index is -0.706. The van der Waals surface area contributed by atoms with Crippen LogP contribution in [0.15, 0.2) is 24.3 Å². The van der Waals surface area contributed by atoms with Crippen LogP contribution in [0.3, 0.4) is 0 Å². The number of amides is 3. The molecule has 2 rings (SSSR count). The van der Waals surface area contributed by atoms with E-state index in [9.17, 15) is 19.2 Å². The fraction of sp³-hybridized carbons (Fsp3) is 0.524. The molecule has 1 aromatic rings. The summed E-state index contributed by atoms with van der Waals surface area (Å²) < 4.78 is 10.3. The Kier molecular flexibility index (Phi) is 9.14. The maximum absolute atomic E-state index is 12.1. The number of nitrogens with one attached hydrogen (secondary N) is 2. The molecule has 1 aliphatic carbocycles. The number of carbonyl (C=O) groups excluding carboxylic acids is 4. The van der Waals surface area contributed by atoms with Crippen LogP contribution in [0, 0.1) is 0 Å². The number of ketones is 1. The maximum Gasteiger partial charge on any atom is 0.321 e. The molecule has 0 spiro atoms. The monoisotopic (exact) mass is 404 g/mol. The summed E-state index contributed by atoms with van der Waals surface area (Å²) in [5.41, 5.74) is 0.475. The summed E-state index contributed by atoms with van der Waals surface area (Å²) in [4.78, 5) is 47.2. The number of carbonyl (C=O) groups is 4. The normalized spacial score (nSPS) is 13.6. The molecular formula is C21H28N2O6. The first-order valence-electron chi connectivity index (χ1n) is 10.00. The Morgan fingerprint density at radius 3 is 2.38 bits per heavy atom. The van der Waals surface area contributed by atoms with E-state index in [0.29, 0.717) is 17.9 Å². The van der Waals surface area contributed by atoms with Crippen molar-refractivity contribution in [3.63, 3.8) is 0 Å². The number of benzene rings is 1. The summed E-state index contributed by atoms with van der Waals surface area (Å²) in [7, 11) is 0. The van der Waals surface area contributed by atoms with Gasteiger partial charge in [0, 0.05) is 18.0 Å². The third-order valence-corrected chi connectivity index (χ3v) is 4.51. The van der Waals surface area contributed by atoms with Gasteiger partial charge in [0.2, 0.25) is 0 Å². The van der Waals surface area contributed by atoms with Gasteiger partial charge >= 0.3 is 12.0 Å². The van der Waals surface area contributed by atoms with Crippen molar-refractivity contribution in [2.45, 2.75) is 57.9 Å². The Morgan fingerprint density at radius 1 is 1.03 bits per heavy atom. The van der Waals surface area contributed by atoms with Crippen molar-refractivity contribution in [2.75, 3.05) is 13.2 Å². The van der Waals surface area contributed by atoms with E-state index in [2.05, 4.69) is 10.6 Å². The number of hydrogen-bond donors (Lipinski definition) is 2. The van der Waals surface area contributed by atoms with E-state index in [1.165, 1.54) is 0 Å². The number of ether oxygens (including phenoxy) is 2. The van der Waals surface area contributed by atoms with Gasteiger partial charge < -0.3 is 14.8 Å². The molecule has 8 heteroatoms. The Bertz CT molecular complexity index is 710. The van der Waals surface area contributed by atoms with E-state index in [-0.39, 0.29) is 24.7 Å². The molecule has 0 bridgehead atoms. The molecule has 1 aliphatic rings. The molecule has 0 atom stereocenters. The zero-order chi connectivity index (χ0) is 21.1. The van der Waals surface area contributed by atoms with Crippen LogP contribution in [0.1, 0.15) is 62.2 Å². The van der Waals surface area contributed by atoms with Crippen LogP contribution in [0.25, 0.3) is 0 Å². The van der Waals surface area contributed by atoms with E-state index in [1.807, 2.05) is 6.92 Å². The summed E-state index contributed by atoms with van der Waals surface area (Å²) >= 11 is 0. The zero-order valence-electron chi connectivity index (χ0n) is 16.7. The van der Waals surface area contributed by atoms with Crippen LogP contribution in [0.5, 0.6) is 5.75 Å². The highest BCUT2D eigenvalue weighted by molar-refractivity contribution is 5.98. The van der Waals surface area contributed by atoms with Gasteiger partial charge in [-0.05, 0) is 43.5 Å². The summed E-state index contributed by atoms with van der Waals surface area (Å²) in [5.74, 6) is -0.898. The molecule has 3 amide bonds. The average Bonchev–Trinajstić information content (AvgIpc) is 3.22. The maximum atomic E-state index is 12.1. The summed E-state index contributed by atoms with van der Waals surface area (Å²) in [6.45, 7) is 2.05. The lowest BCUT2D eigenvalue weighted by Gasteiger charge is -2.12. The van der Waals surface area contributed by atoms with Crippen molar-refractivity contribution in [1.29, 1.82) is 0 Å². The Labute approximate surface area is 170 Å². The van der Waals surface area contributed by atoms with Gasteiger partial charge in [-0.3, -0.25) is 19.7 Å². The van der Waals surface area contributed by atoms with E-state index >= 15 is 0 Å². The molecule has 0 unspecified atom stereocenters. The van der Waals surface area contributed by atoms with Gasteiger partial charge in [0.15, 0.2) is 12.4 Å². The minimum Gasteiger partial charge on any atom is -0.494 e. The first kappa shape index (κ1) is 22.4. The fourth-order valence-electron chi connectivity index (χ4n) is 2.99. The molecular weight excluding hydrogens is 376 g/mol. The van der Waals surface area contributed by atoms with Gasteiger partial charge in [-0.2, -0.15) is 0 Å². The average molecular weight is 404 g/mol. The van der Waals surface area contributed by atoms with Gasteiger partial charge in [0.25, 0.3) is 5.91 Å². The van der Waals surface area contributed by atoms with Crippen LogP contribution < -0.4 is 15.4 Å². The summed E-state index contributed by atoms with van der Waals surface area (Å²) in [6, 6.07) is 6.22. The van der Waals surface area contributed by atoms with Crippen LogP contribution in [-0.4, -0.2) is 42.9 Å². The van der Waals surface area contributed by atoms with Crippen molar-refractivity contribution in [1.82, 2.24) is 10.6 Å². The second kappa shape index (κ2) is 11.8. The summed E-state index contributed by atoms with van der Waals surface area (Å²) in [5, 5.41) is 4.83. The van der Waals surface area contributed by atoms with Gasteiger partial charge in [-0.25, -0.2) is 4.79 Å². The van der Waals surface area contributed by atoms with Crippen molar-refractivity contribution >= 4 is 23.7 Å². The number of esters is 1. The highest BCUT2D eigenvalue weighted by Gasteiger charge is 2.19. The minimum absolute atomic E-state index is 0.0300. The molecule has 0 saturated heterocycles. The number of imide groups is 1. The molecule has 0 aliphatic heterocycles. The molecule has 0 heterocycles. The lowest BCUT2D eigenvalue weighted by Crippen LogP contribution is -2.45. The number of hydrogen-bond acceptors (Lipinski definition) is 6. The van der Waals surface area contributed by atoms with E-state index < -0.39 is 24.5 Å².